The topological polar surface area (TPSA) is 85.3 Å². The Morgan fingerprint density at radius 2 is 2.05 bits per heavy atom. The van der Waals surface area contributed by atoms with Gasteiger partial charge in [0.2, 0.25) is 0 Å². The maximum atomic E-state index is 11.2. The van der Waals surface area contributed by atoms with Gasteiger partial charge >= 0.3 is 5.97 Å². The third-order valence-corrected chi connectivity index (χ3v) is 3.72. The minimum Gasteiger partial charge on any atom is -0.478 e. The minimum atomic E-state index is -1.06. The van der Waals surface area contributed by atoms with Crippen molar-refractivity contribution in [2.45, 2.75) is 13.8 Å². The molecule has 0 saturated heterocycles. The number of aromatic carboxylic acids is 1. The number of carbonyl (C=O) groups is 1. The summed E-state index contributed by atoms with van der Waals surface area (Å²) in [4.78, 5) is 11.2. The van der Waals surface area contributed by atoms with Crippen molar-refractivity contribution < 1.29 is 9.90 Å². The molecule has 3 aromatic rings. The van der Waals surface area contributed by atoms with Gasteiger partial charge in [0.05, 0.1) is 21.8 Å². The lowest BCUT2D eigenvalue weighted by Crippen LogP contribution is -2.01. The zero-order valence-corrected chi connectivity index (χ0v) is 12.4. The van der Waals surface area contributed by atoms with Gasteiger partial charge in [0.1, 0.15) is 0 Å². The highest BCUT2D eigenvalue weighted by Crippen LogP contribution is 2.28. The first kappa shape index (κ1) is 13.6. The summed E-state index contributed by atoms with van der Waals surface area (Å²) in [6.45, 7) is 3.78. The van der Waals surface area contributed by atoms with Gasteiger partial charge in [0, 0.05) is 18.9 Å². The third kappa shape index (κ3) is 1.97. The highest BCUT2D eigenvalue weighted by molar-refractivity contribution is 6.33. The highest BCUT2D eigenvalue weighted by atomic mass is 35.5. The fourth-order valence-corrected chi connectivity index (χ4v) is 2.58. The molecule has 0 amide bonds. The van der Waals surface area contributed by atoms with E-state index in [0.29, 0.717) is 11.5 Å². The molecule has 0 aliphatic heterocycles. The molecule has 0 aliphatic carbocycles. The van der Waals surface area contributed by atoms with Crippen molar-refractivity contribution in [1.82, 2.24) is 24.4 Å². The number of hydrogen-bond donors (Lipinski definition) is 1. The summed E-state index contributed by atoms with van der Waals surface area (Å²) in [5.74, 6) is -0.531. The molecule has 0 unspecified atom stereocenters. The summed E-state index contributed by atoms with van der Waals surface area (Å²) in [5, 5.41) is 21.9. The van der Waals surface area contributed by atoms with E-state index in [0.717, 1.165) is 17.0 Å². The molecular formula is C13H12ClN5O2. The number of halogens is 1. The van der Waals surface area contributed by atoms with Gasteiger partial charge in [0.15, 0.2) is 11.5 Å². The lowest BCUT2D eigenvalue weighted by molar-refractivity contribution is 0.0696. The fraction of sp³-hybridized carbons (Fsp3) is 0.231. The summed E-state index contributed by atoms with van der Waals surface area (Å²) in [6.07, 6.45) is 1.46. The average Bonchev–Trinajstić information content (AvgIpc) is 2.92. The van der Waals surface area contributed by atoms with Crippen molar-refractivity contribution in [3.63, 3.8) is 0 Å². The SMILES string of the molecule is Cc1nn(C)c(C)c1-c1nnc2c(Cl)cc(C(=O)O)cn12. The molecule has 8 heteroatoms. The van der Waals surface area contributed by atoms with Crippen molar-refractivity contribution in [1.29, 1.82) is 0 Å². The lowest BCUT2D eigenvalue weighted by Gasteiger charge is -2.03. The summed E-state index contributed by atoms with van der Waals surface area (Å²) in [6, 6.07) is 1.36. The van der Waals surface area contributed by atoms with Crippen molar-refractivity contribution in [3.8, 4) is 11.4 Å². The second kappa shape index (κ2) is 4.56. The van der Waals surface area contributed by atoms with Gasteiger partial charge in [-0.25, -0.2) is 4.79 Å². The highest BCUT2D eigenvalue weighted by Gasteiger charge is 2.20. The van der Waals surface area contributed by atoms with E-state index in [-0.39, 0.29) is 10.6 Å². The van der Waals surface area contributed by atoms with E-state index in [2.05, 4.69) is 15.3 Å². The molecule has 21 heavy (non-hydrogen) atoms. The predicted octanol–water partition coefficient (Wildman–Crippen LogP) is 2.10. The molecule has 0 fully saturated rings. The number of aromatic nitrogens is 5. The Morgan fingerprint density at radius 1 is 1.33 bits per heavy atom. The number of rotatable bonds is 2. The van der Waals surface area contributed by atoms with Crippen molar-refractivity contribution in [3.05, 3.63) is 34.2 Å². The Balaban J connectivity index is 2.36. The minimum absolute atomic E-state index is 0.0766. The van der Waals surface area contributed by atoms with Crippen LogP contribution in [-0.4, -0.2) is 35.5 Å². The van der Waals surface area contributed by atoms with Crippen LogP contribution >= 0.6 is 11.6 Å². The number of carboxylic acids is 1. The molecule has 0 aromatic carbocycles. The number of pyridine rings is 1. The van der Waals surface area contributed by atoms with Gasteiger partial charge in [-0.2, -0.15) is 5.10 Å². The molecule has 0 aliphatic rings. The molecule has 0 spiro atoms. The van der Waals surface area contributed by atoms with Crippen molar-refractivity contribution in [2.24, 2.45) is 7.05 Å². The number of aryl methyl sites for hydroxylation is 2. The Hall–Kier alpha value is -2.41. The van der Waals surface area contributed by atoms with Gasteiger partial charge in [0.25, 0.3) is 0 Å². The largest absolute Gasteiger partial charge is 0.478 e. The molecule has 3 aromatic heterocycles. The number of hydrogen-bond acceptors (Lipinski definition) is 4. The second-order valence-electron chi connectivity index (χ2n) is 4.77. The standard InChI is InChI=1S/C13H12ClN5O2/c1-6-10(7(2)18(3)17-6)12-16-15-11-9(14)4-8(13(20)21)5-19(11)12/h4-5H,1-3H3,(H,20,21). The molecule has 7 nitrogen and oxygen atoms in total. The Labute approximate surface area is 124 Å². The zero-order valence-electron chi connectivity index (χ0n) is 11.6. The van der Waals surface area contributed by atoms with E-state index < -0.39 is 5.97 Å². The molecule has 3 heterocycles. The van der Waals surface area contributed by atoms with E-state index in [1.165, 1.54) is 12.3 Å². The fourth-order valence-electron chi connectivity index (χ4n) is 2.34. The van der Waals surface area contributed by atoms with Crippen LogP contribution in [0.1, 0.15) is 21.7 Å². The van der Waals surface area contributed by atoms with Gasteiger partial charge < -0.3 is 5.11 Å². The first-order valence-corrected chi connectivity index (χ1v) is 6.56. The molecule has 108 valence electrons. The maximum absolute atomic E-state index is 11.2. The number of carboxylic acid groups (broad SMARTS) is 1. The van der Waals surface area contributed by atoms with Crippen LogP contribution in [0.2, 0.25) is 5.02 Å². The van der Waals surface area contributed by atoms with Gasteiger partial charge in [-0.15, -0.1) is 10.2 Å². The van der Waals surface area contributed by atoms with E-state index in [1.807, 2.05) is 20.9 Å². The van der Waals surface area contributed by atoms with Gasteiger partial charge in [-0.3, -0.25) is 9.08 Å². The van der Waals surface area contributed by atoms with E-state index in [4.69, 9.17) is 16.7 Å². The first-order valence-electron chi connectivity index (χ1n) is 6.18. The van der Waals surface area contributed by atoms with E-state index >= 15 is 0 Å². The van der Waals surface area contributed by atoms with Crippen LogP contribution in [0.5, 0.6) is 0 Å². The Morgan fingerprint density at radius 3 is 2.62 bits per heavy atom. The summed E-state index contributed by atoms with van der Waals surface area (Å²) in [7, 11) is 1.84. The summed E-state index contributed by atoms with van der Waals surface area (Å²) >= 11 is 6.08. The molecule has 0 bridgehead atoms. The Bertz CT molecular complexity index is 880. The summed E-state index contributed by atoms with van der Waals surface area (Å²) < 4.78 is 3.33. The maximum Gasteiger partial charge on any atom is 0.337 e. The van der Waals surface area contributed by atoms with Crippen LogP contribution < -0.4 is 0 Å². The molecule has 0 saturated carbocycles. The third-order valence-electron chi connectivity index (χ3n) is 3.44. The first-order chi connectivity index (χ1) is 9.90. The normalized spacial score (nSPS) is 11.2. The molecule has 3 rings (SSSR count). The smallest absolute Gasteiger partial charge is 0.337 e. The Kier molecular flexibility index (Phi) is 2.94. The van der Waals surface area contributed by atoms with E-state index in [9.17, 15) is 4.79 Å². The van der Waals surface area contributed by atoms with E-state index in [1.54, 1.807) is 9.08 Å². The average molecular weight is 306 g/mol. The second-order valence-corrected chi connectivity index (χ2v) is 5.18. The summed E-state index contributed by atoms with van der Waals surface area (Å²) in [5.41, 5.74) is 3.02. The van der Waals surface area contributed by atoms with Crippen LogP contribution in [0.3, 0.4) is 0 Å². The predicted molar refractivity (Wildman–Crippen MR) is 76.6 cm³/mol. The van der Waals surface area contributed by atoms with Crippen molar-refractivity contribution >= 4 is 23.2 Å². The van der Waals surface area contributed by atoms with Crippen LogP contribution in [0, 0.1) is 13.8 Å². The van der Waals surface area contributed by atoms with Crippen LogP contribution in [0.15, 0.2) is 12.3 Å². The van der Waals surface area contributed by atoms with Crippen LogP contribution in [0.25, 0.3) is 17.0 Å². The monoisotopic (exact) mass is 305 g/mol. The molecule has 0 atom stereocenters. The quantitative estimate of drug-likeness (QED) is 0.783. The van der Waals surface area contributed by atoms with Crippen molar-refractivity contribution in [2.75, 3.05) is 0 Å². The lowest BCUT2D eigenvalue weighted by atomic mass is 10.2. The number of nitrogens with zero attached hydrogens (tertiary/aromatic N) is 5. The number of fused-ring (bicyclic) bond motifs is 1. The molecule has 1 N–H and O–H groups in total. The van der Waals surface area contributed by atoms with Crippen LogP contribution in [0.4, 0.5) is 0 Å². The molecule has 0 radical (unpaired) electrons. The van der Waals surface area contributed by atoms with Gasteiger partial charge in [-0.1, -0.05) is 11.6 Å². The van der Waals surface area contributed by atoms with Gasteiger partial charge in [-0.05, 0) is 19.9 Å². The molecular weight excluding hydrogens is 294 g/mol. The van der Waals surface area contributed by atoms with Crippen LogP contribution in [-0.2, 0) is 7.05 Å². The zero-order chi connectivity index (χ0) is 15.3.